The zero-order valence-electron chi connectivity index (χ0n) is 11.0. The molecule has 0 saturated heterocycles. The molecule has 1 amide bonds. The second-order valence-electron chi connectivity index (χ2n) is 4.78. The summed E-state index contributed by atoms with van der Waals surface area (Å²) in [4.78, 5) is 22.7. The smallest absolute Gasteiger partial charge is 0.245 e. The number of nitrogens with one attached hydrogen (secondary N) is 1. The van der Waals surface area contributed by atoms with Crippen molar-refractivity contribution in [1.82, 2.24) is 15.3 Å². The molecule has 0 atom stereocenters. The molecule has 0 radical (unpaired) electrons. The minimum absolute atomic E-state index is 0.0668. The maximum atomic E-state index is 12.3. The first-order chi connectivity index (χ1) is 8.70. The SMILES string of the molecule is CNC(=O)C1(N(C)c2ncccn2)CCCCC1. The minimum Gasteiger partial charge on any atom is -0.357 e. The summed E-state index contributed by atoms with van der Waals surface area (Å²) in [6.45, 7) is 0. The van der Waals surface area contributed by atoms with E-state index in [0.29, 0.717) is 5.95 Å². The fraction of sp³-hybridized carbons (Fsp3) is 0.615. The topological polar surface area (TPSA) is 58.1 Å². The Morgan fingerprint density at radius 3 is 2.44 bits per heavy atom. The molecule has 1 aromatic heterocycles. The average Bonchev–Trinajstić information content (AvgIpc) is 2.47. The van der Waals surface area contributed by atoms with Crippen molar-refractivity contribution in [3.63, 3.8) is 0 Å². The van der Waals surface area contributed by atoms with Gasteiger partial charge in [0.1, 0.15) is 5.54 Å². The van der Waals surface area contributed by atoms with Crippen LogP contribution in [-0.2, 0) is 4.79 Å². The van der Waals surface area contributed by atoms with Gasteiger partial charge in [-0.3, -0.25) is 4.79 Å². The molecule has 0 aliphatic heterocycles. The van der Waals surface area contributed by atoms with Crippen LogP contribution in [0.4, 0.5) is 5.95 Å². The van der Waals surface area contributed by atoms with E-state index >= 15 is 0 Å². The van der Waals surface area contributed by atoms with Gasteiger partial charge in [0.25, 0.3) is 0 Å². The van der Waals surface area contributed by atoms with Crippen LogP contribution in [0.15, 0.2) is 18.5 Å². The Labute approximate surface area is 108 Å². The molecule has 1 aliphatic rings. The van der Waals surface area contributed by atoms with Gasteiger partial charge in [-0.1, -0.05) is 19.3 Å². The van der Waals surface area contributed by atoms with Crippen molar-refractivity contribution < 1.29 is 4.79 Å². The van der Waals surface area contributed by atoms with Crippen molar-refractivity contribution in [2.45, 2.75) is 37.6 Å². The van der Waals surface area contributed by atoms with E-state index in [1.54, 1.807) is 25.5 Å². The predicted molar refractivity (Wildman–Crippen MR) is 70.3 cm³/mol. The lowest BCUT2D eigenvalue weighted by Crippen LogP contribution is -2.58. The van der Waals surface area contributed by atoms with Crippen molar-refractivity contribution >= 4 is 11.9 Å². The normalized spacial score (nSPS) is 18.1. The average molecular weight is 248 g/mol. The van der Waals surface area contributed by atoms with Gasteiger partial charge in [0.15, 0.2) is 0 Å². The van der Waals surface area contributed by atoms with Crippen LogP contribution in [0.2, 0.25) is 0 Å². The molecule has 1 N–H and O–H groups in total. The highest BCUT2D eigenvalue weighted by molar-refractivity contribution is 5.89. The Hall–Kier alpha value is -1.65. The summed E-state index contributed by atoms with van der Waals surface area (Å²) in [7, 11) is 3.61. The number of anilines is 1. The van der Waals surface area contributed by atoms with Crippen LogP contribution in [0, 0.1) is 0 Å². The number of aromatic nitrogens is 2. The van der Waals surface area contributed by atoms with E-state index in [2.05, 4.69) is 15.3 Å². The molecule has 0 bridgehead atoms. The number of carbonyl (C=O) groups is 1. The maximum Gasteiger partial charge on any atom is 0.245 e. The quantitative estimate of drug-likeness (QED) is 0.877. The predicted octanol–water partition coefficient (Wildman–Crippen LogP) is 1.36. The molecule has 1 saturated carbocycles. The van der Waals surface area contributed by atoms with Crippen molar-refractivity contribution in [2.75, 3.05) is 19.0 Å². The molecular weight excluding hydrogens is 228 g/mol. The zero-order chi connectivity index (χ0) is 13.0. The first-order valence-electron chi connectivity index (χ1n) is 6.44. The van der Waals surface area contributed by atoms with Crippen LogP contribution in [0.1, 0.15) is 32.1 Å². The molecule has 98 valence electrons. The first-order valence-corrected chi connectivity index (χ1v) is 6.44. The number of nitrogens with zero attached hydrogens (tertiary/aromatic N) is 3. The second-order valence-corrected chi connectivity index (χ2v) is 4.78. The molecule has 5 nitrogen and oxygen atoms in total. The molecule has 5 heteroatoms. The number of likely N-dealkylation sites (N-methyl/N-ethyl adjacent to an activating group) is 2. The van der Waals surface area contributed by atoms with Gasteiger partial charge in [0.2, 0.25) is 11.9 Å². The largest absolute Gasteiger partial charge is 0.357 e. The standard InChI is InChI=1S/C13H20N4O/c1-14-11(18)13(7-4-3-5-8-13)17(2)12-15-9-6-10-16-12/h6,9-10H,3-5,7-8H2,1-2H3,(H,14,18). The van der Waals surface area contributed by atoms with E-state index in [4.69, 9.17) is 0 Å². The van der Waals surface area contributed by atoms with Crippen molar-refractivity contribution in [3.8, 4) is 0 Å². The molecule has 1 heterocycles. The summed E-state index contributed by atoms with van der Waals surface area (Å²) in [5.74, 6) is 0.681. The molecule has 1 aliphatic carbocycles. The lowest BCUT2D eigenvalue weighted by atomic mass is 9.80. The van der Waals surface area contributed by atoms with E-state index in [1.807, 2.05) is 11.9 Å². The summed E-state index contributed by atoms with van der Waals surface area (Å²) in [6.07, 6.45) is 8.48. The molecule has 0 spiro atoms. The van der Waals surface area contributed by atoms with E-state index in [-0.39, 0.29) is 5.91 Å². The van der Waals surface area contributed by atoms with E-state index in [1.165, 1.54) is 6.42 Å². The Kier molecular flexibility index (Phi) is 3.79. The number of carbonyl (C=O) groups excluding carboxylic acids is 1. The highest BCUT2D eigenvalue weighted by Gasteiger charge is 2.43. The van der Waals surface area contributed by atoms with Gasteiger partial charge in [0, 0.05) is 26.5 Å². The van der Waals surface area contributed by atoms with Crippen LogP contribution < -0.4 is 10.2 Å². The van der Waals surface area contributed by atoms with Crippen LogP contribution in [0.5, 0.6) is 0 Å². The molecule has 18 heavy (non-hydrogen) atoms. The van der Waals surface area contributed by atoms with Gasteiger partial charge in [-0.2, -0.15) is 0 Å². The van der Waals surface area contributed by atoms with Gasteiger partial charge in [0.05, 0.1) is 0 Å². The van der Waals surface area contributed by atoms with Crippen LogP contribution in [0.3, 0.4) is 0 Å². The van der Waals surface area contributed by atoms with Crippen LogP contribution >= 0.6 is 0 Å². The molecule has 2 rings (SSSR count). The van der Waals surface area contributed by atoms with Crippen LogP contribution in [-0.4, -0.2) is 35.5 Å². The van der Waals surface area contributed by atoms with Crippen molar-refractivity contribution in [1.29, 1.82) is 0 Å². The van der Waals surface area contributed by atoms with E-state index in [0.717, 1.165) is 25.7 Å². The lowest BCUT2D eigenvalue weighted by molar-refractivity contribution is -0.127. The van der Waals surface area contributed by atoms with Crippen molar-refractivity contribution in [2.24, 2.45) is 0 Å². The lowest BCUT2D eigenvalue weighted by Gasteiger charge is -2.42. The molecule has 1 fully saturated rings. The third-order valence-corrected chi connectivity index (χ3v) is 3.82. The first kappa shape index (κ1) is 12.8. The van der Waals surface area contributed by atoms with Gasteiger partial charge >= 0.3 is 0 Å². The molecule has 0 unspecified atom stereocenters. The maximum absolute atomic E-state index is 12.3. The summed E-state index contributed by atoms with van der Waals surface area (Å²) < 4.78 is 0. The Morgan fingerprint density at radius 1 is 1.28 bits per heavy atom. The van der Waals surface area contributed by atoms with E-state index in [9.17, 15) is 4.79 Å². The number of hydrogen-bond acceptors (Lipinski definition) is 4. The molecule has 1 aromatic rings. The second kappa shape index (κ2) is 5.33. The fourth-order valence-corrected chi connectivity index (χ4v) is 2.74. The summed E-state index contributed by atoms with van der Waals surface area (Å²) in [5.41, 5.74) is -0.492. The van der Waals surface area contributed by atoms with Gasteiger partial charge in [-0.15, -0.1) is 0 Å². The van der Waals surface area contributed by atoms with Crippen LogP contribution in [0.25, 0.3) is 0 Å². The Balaban J connectivity index is 2.31. The van der Waals surface area contributed by atoms with Gasteiger partial charge in [-0.05, 0) is 18.9 Å². The molecular formula is C13H20N4O. The minimum atomic E-state index is -0.492. The van der Waals surface area contributed by atoms with Gasteiger partial charge in [-0.25, -0.2) is 9.97 Å². The van der Waals surface area contributed by atoms with Gasteiger partial charge < -0.3 is 10.2 Å². The number of amides is 1. The summed E-state index contributed by atoms with van der Waals surface area (Å²) in [6, 6.07) is 1.78. The number of hydrogen-bond donors (Lipinski definition) is 1. The number of rotatable bonds is 3. The Morgan fingerprint density at radius 2 is 1.89 bits per heavy atom. The van der Waals surface area contributed by atoms with E-state index < -0.39 is 5.54 Å². The fourth-order valence-electron chi connectivity index (χ4n) is 2.74. The van der Waals surface area contributed by atoms with Crippen molar-refractivity contribution in [3.05, 3.63) is 18.5 Å². The third kappa shape index (κ3) is 2.17. The summed E-state index contributed by atoms with van der Waals surface area (Å²) >= 11 is 0. The summed E-state index contributed by atoms with van der Waals surface area (Å²) in [5, 5.41) is 2.79. The highest BCUT2D eigenvalue weighted by Crippen LogP contribution is 2.34. The molecule has 0 aromatic carbocycles. The monoisotopic (exact) mass is 248 g/mol. The highest BCUT2D eigenvalue weighted by atomic mass is 16.2. The third-order valence-electron chi connectivity index (χ3n) is 3.82. The Bertz CT molecular complexity index is 401. The zero-order valence-corrected chi connectivity index (χ0v) is 11.0.